The van der Waals surface area contributed by atoms with Gasteiger partial charge in [-0.2, -0.15) is 5.26 Å². The number of piperidine rings is 1. The summed E-state index contributed by atoms with van der Waals surface area (Å²) < 4.78 is 3.87. The van der Waals surface area contributed by atoms with E-state index in [4.69, 9.17) is 0 Å². The van der Waals surface area contributed by atoms with Crippen molar-refractivity contribution in [2.45, 2.75) is 38.6 Å². The second kappa shape index (κ2) is 8.95. The van der Waals surface area contributed by atoms with E-state index in [2.05, 4.69) is 20.9 Å². The van der Waals surface area contributed by atoms with Crippen LogP contribution in [0.15, 0.2) is 48.9 Å². The molecule has 9 heteroatoms. The van der Waals surface area contributed by atoms with E-state index in [0.717, 1.165) is 48.8 Å². The monoisotopic (exact) mass is 518 g/mol. The molecule has 1 atom stereocenters. The molecule has 7 rings (SSSR count). The zero-order chi connectivity index (χ0) is 26.7. The molecule has 0 aliphatic carbocycles. The van der Waals surface area contributed by atoms with Crippen molar-refractivity contribution in [3.63, 3.8) is 0 Å². The summed E-state index contributed by atoms with van der Waals surface area (Å²) in [6, 6.07) is 11.4. The van der Waals surface area contributed by atoms with Crippen molar-refractivity contribution < 1.29 is 14.4 Å². The van der Waals surface area contributed by atoms with Crippen LogP contribution in [0, 0.1) is 17.2 Å². The van der Waals surface area contributed by atoms with Crippen LogP contribution in [0.3, 0.4) is 0 Å². The van der Waals surface area contributed by atoms with E-state index < -0.39 is 11.8 Å². The maximum Gasteiger partial charge on any atom is 0.261 e. The molecule has 0 bridgehead atoms. The van der Waals surface area contributed by atoms with Crippen molar-refractivity contribution in [3.05, 3.63) is 71.3 Å². The Morgan fingerprint density at radius 2 is 1.87 bits per heavy atom. The number of nitriles is 1. The molecule has 6 heterocycles. The number of amides is 3. The largest absolute Gasteiger partial charge is 0.347 e. The molecule has 1 fully saturated rings. The van der Waals surface area contributed by atoms with Crippen molar-refractivity contribution in [1.82, 2.24) is 24.2 Å². The van der Waals surface area contributed by atoms with E-state index in [9.17, 15) is 19.6 Å². The number of likely N-dealkylation sites (tertiary alicyclic amines) is 1. The number of nitrogens with zero attached hydrogens (tertiary/aromatic N) is 5. The Balaban J connectivity index is 1.39. The van der Waals surface area contributed by atoms with Crippen molar-refractivity contribution in [3.8, 4) is 6.07 Å². The van der Waals surface area contributed by atoms with Crippen molar-refractivity contribution in [1.29, 1.82) is 5.26 Å². The van der Waals surface area contributed by atoms with E-state index in [1.807, 2.05) is 41.6 Å². The Hall–Kier alpha value is -4.71. The first kappa shape index (κ1) is 23.4. The third-order valence-electron chi connectivity index (χ3n) is 8.26. The van der Waals surface area contributed by atoms with Gasteiger partial charge in [0.05, 0.1) is 40.2 Å². The van der Waals surface area contributed by atoms with Gasteiger partial charge in [-0.15, -0.1) is 0 Å². The lowest BCUT2D eigenvalue weighted by Gasteiger charge is -2.30. The molecule has 1 unspecified atom stereocenters. The predicted molar refractivity (Wildman–Crippen MR) is 144 cm³/mol. The van der Waals surface area contributed by atoms with Crippen LogP contribution in [-0.4, -0.2) is 49.7 Å². The Kier molecular flexibility index (Phi) is 5.37. The highest BCUT2D eigenvalue weighted by atomic mass is 16.2. The molecule has 39 heavy (non-hydrogen) atoms. The summed E-state index contributed by atoms with van der Waals surface area (Å²) in [6.07, 6.45) is 9.77. The summed E-state index contributed by atoms with van der Waals surface area (Å²) in [7, 11) is 0. The van der Waals surface area contributed by atoms with E-state index in [-0.39, 0.29) is 23.0 Å². The summed E-state index contributed by atoms with van der Waals surface area (Å²) in [6.45, 7) is 2.22. The van der Waals surface area contributed by atoms with Crippen LogP contribution in [0.1, 0.15) is 48.1 Å². The van der Waals surface area contributed by atoms with Gasteiger partial charge in [0.2, 0.25) is 5.91 Å². The molecule has 3 aliphatic heterocycles. The van der Waals surface area contributed by atoms with Crippen molar-refractivity contribution >= 4 is 45.4 Å². The highest BCUT2D eigenvalue weighted by Crippen LogP contribution is 2.39. The maximum absolute atomic E-state index is 13.4. The quantitative estimate of drug-likeness (QED) is 0.418. The maximum atomic E-state index is 13.4. The van der Waals surface area contributed by atoms with Crippen LogP contribution in [0.25, 0.3) is 27.7 Å². The van der Waals surface area contributed by atoms with Crippen LogP contribution in [0.4, 0.5) is 0 Å². The number of hydrogen-bond donors (Lipinski definition) is 1. The number of pyridine rings is 1. The number of benzene rings is 1. The third-order valence-corrected chi connectivity index (χ3v) is 8.26. The molecule has 0 radical (unpaired) electrons. The van der Waals surface area contributed by atoms with Gasteiger partial charge >= 0.3 is 0 Å². The lowest BCUT2D eigenvalue weighted by atomic mass is 9.91. The van der Waals surface area contributed by atoms with Crippen molar-refractivity contribution in [2.24, 2.45) is 5.92 Å². The first-order valence-electron chi connectivity index (χ1n) is 13.4. The predicted octanol–water partition coefficient (Wildman–Crippen LogP) is 3.30. The van der Waals surface area contributed by atoms with Gasteiger partial charge in [-0.25, -0.2) is 4.98 Å². The van der Waals surface area contributed by atoms with Gasteiger partial charge < -0.3 is 9.47 Å². The smallest absolute Gasteiger partial charge is 0.261 e. The average molecular weight is 519 g/mol. The minimum absolute atomic E-state index is 0.159. The Labute approximate surface area is 224 Å². The molecular formula is C30H26N6O3. The Bertz CT molecular complexity index is 1780. The van der Waals surface area contributed by atoms with Crippen LogP contribution in [0.2, 0.25) is 0 Å². The van der Waals surface area contributed by atoms with Crippen molar-refractivity contribution in [2.75, 3.05) is 13.1 Å². The number of fused-ring (bicyclic) bond motifs is 1. The number of rotatable bonds is 3. The second-order valence-corrected chi connectivity index (χ2v) is 10.6. The number of carbonyl (C=O) groups is 3. The van der Waals surface area contributed by atoms with Gasteiger partial charge in [-0.05, 0) is 61.9 Å². The topological polar surface area (TPSA) is 112 Å². The molecule has 0 spiro atoms. The lowest BCUT2D eigenvalue weighted by molar-refractivity contribution is -0.136. The summed E-state index contributed by atoms with van der Waals surface area (Å²) in [4.78, 5) is 46.2. The minimum atomic E-state index is -0.475. The van der Waals surface area contributed by atoms with Crippen LogP contribution >= 0.6 is 0 Å². The highest BCUT2D eigenvalue weighted by Gasteiger charge is 2.37. The van der Waals surface area contributed by atoms with E-state index in [0.29, 0.717) is 41.9 Å². The number of aromatic nitrogens is 3. The minimum Gasteiger partial charge on any atom is -0.347 e. The fourth-order valence-corrected chi connectivity index (χ4v) is 6.44. The summed E-state index contributed by atoms with van der Waals surface area (Å²) in [5.41, 5.74) is 4.63. The molecular weight excluding hydrogens is 492 g/mol. The zero-order valence-corrected chi connectivity index (χ0v) is 21.3. The lowest BCUT2D eigenvalue weighted by Crippen LogP contribution is -2.40. The number of carbonyl (C=O) groups excluding carboxylic acids is 3. The normalized spacial score (nSPS) is 19.5. The molecule has 9 nitrogen and oxygen atoms in total. The van der Waals surface area contributed by atoms with Gasteiger partial charge in [0, 0.05) is 48.9 Å². The van der Waals surface area contributed by atoms with E-state index >= 15 is 0 Å². The standard InChI is InChI=1S/C30H26N6O3/c31-15-18-12-20-14-19(30(39)34-8-3-1-4-9-34)7-11-35-17-22(21(13-18)27(20)35)25-26(29(38)33-28(25)37)23-16-32-24-6-2-5-10-36(23)24/h2,5-6,10,12-13,16-17,19H,1,3-4,7-9,11,14H2,(H,33,37,38). The van der Waals surface area contributed by atoms with E-state index in [1.165, 1.54) is 0 Å². The number of nitrogens with one attached hydrogen (secondary N) is 1. The Morgan fingerprint density at radius 3 is 2.69 bits per heavy atom. The van der Waals surface area contributed by atoms with Crippen LogP contribution in [0.5, 0.6) is 0 Å². The average Bonchev–Trinajstić information content (AvgIpc) is 3.58. The van der Waals surface area contributed by atoms with Gasteiger partial charge in [0.15, 0.2) is 0 Å². The SMILES string of the molecule is N#Cc1cc2c3c(c1)c(C1=C(c4cnc5ccccn45)C(=O)NC1=O)cn3CCC(C(=O)N1CCCCC1)C2. The fraction of sp³-hybridized carbons (Fsp3) is 0.300. The molecule has 1 aromatic carbocycles. The summed E-state index contributed by atoms with van der Waals surface area (Å²) in [5.74, 6) is -0.918. The second-order valence-electron chi connectivity index (χ2n) is 10.6. The molecule has 3 aliphatic rings. The van der Waals surface area contributed by atoms with Gasteiger partial charge in [0.1, 0.15) is 5.65 Å². The first-order valence-corrected chi connectivity index (χ1v) is 13.4. The van der Waals surface area contributed by atoms with Gasteiger partial charge in [-0.1, -0.05) is 6.07 Å². The summed E-state index contributed by atoms with van der Waals surface area (Å²) >= 11 is 0. The molecule has 194 valence electrons. The number of imidazole rings is 1. The zero-order valence-electron chi connectivity index (χ0n) is 21.3. The van der Waals surface area contributed by atoms with Gasteiger partial charge in [-0.3, -0.25) is 24.1 Å². The fourth-order valence-electron chi connectivity index (χ4n) is 6.44. The molecule has 1 N–H and O–H groups in total. The van der Waals surface area contributed by atoms with E-state index in [1.54, 1.807) is 16.7 Å². The number of imide groups is 1. The number of aryl methyl sites for hydroxylation is 1. The first-order chi connectivity index (χ1) is 19.0. The molecule has 4 aromatic rings. The van der Waals surface area contributed by atoms with Crippen LogP contribution in [-0.2, 0) is 27.3 Å². The highest BCUT2D eigenvalue weighted by molar-refractivity contribution is 6.49. The molecule has 1 saturated heterocycles. The summed E-state index contributed by atoms with van der Waals surface area (Å²) in [5, 5.41) is 13.1. The third kappa shape index (κ3) is 3.67. The Morgan fingerprint density at radius 1 is 1.05 bits per heavy atom. The molecule has 3 aromatic heterocycles. The van der Waals surface area contributed by atoms with Crippen LogP contribution < -0.4 is 5.32 Å². The van der Waals surface area contributed by atoms with Gasteiger partial charge in [0.25, 0.3) is 11.8 Å². The number of hydrogen-bond acceptors (Lipinski definition) is 5. The molecule has 0 saturated carbocycles. The molecule has 3 amide bonds.